The predicted octanol–water partition coefficient (Wildman–Crippen LogP) is 3.43. The molecule has 1 rings (SSSR count). The zero-order valence-corrected chi connectivity index (χ0v) is 9.28. The third-order valence-electron chi connectivity index (χ3n) is 1.33. The van der Waals surface area contributed by atoms with Crippen molar-refractivity contribution < 1.29 is 0 Å². The normalized spacial score (nSPS) is 9.83. The maximum atomic E-state index is 4.28. The Hall–Kier alpha value is -0.280. The highest BCUT2D eigenvalue weighted by Crippen LogP contribution is 2.22. The first kappa shape index (κ1) is 9.81. The number of thioether (sulfide) groups is 1. The van der Waals surface area contributed by atoms with E-state index in [0.717, 1.165) is 15.3 Å². The summed E-state index contributed by atoms with van der Waals surface area (Å²) in [5.41, 5.74) is 1.20. The van der Waals surface area contributed by atoms with E-state index in [2.05, 4.69) is 40.5 Å². The molecule has 1 nitrogen and oxygen atoms in total. The molecule has 64 valence electrons. The highest BCUT2D eigenvalue weighted by Gasteiger charge is 1.99. The summed E-state index contributed by atoms with van der Waals surface area (Å²) in [7, 11) is 0. The third-order valence-corrected chi connectivity index (χ3v) is 2.87. The molecule has 0 radical (unpaired) electrons. The van der Waals surface area contributed by atoms with E-state index in [9.17, 15) is 0 Å². The van der Waals surface area contributed by atoms with Crippen molar-refractivity contribution in [1.82, 2.24) is 4.98 Å². The Labute approximate surface area is 85.4 Å². The first-order chi connectivity index (χ1) is 5.74. The molecule has 0 spiro atoms. The number of aryl methyl sites for hydroxylation is 1. The highest BCUT2D eigenvalue weighted by molar-refractivity contribution is 9.10. The summed E-state index contributed by atoms with van der Waals surface area (Å²) in [5.74, 6) is 0.912. The van der Waals surface area contributed by atoms with Crippen molar-refractivity contribution >= 4 is 27.7 Å². The number of hydrogen-bond acceptors (Lipinski definition) is 2. The lowest BCUT2D eigenvalue weighted by atomic mass is 10.3. The Bertz CT molecular complexity index is 286. The van der Waals surface area contributed by atoms with Crippen LogP contribution in [0.2, 0.25) is 0 Å². The van der Waals surface area contributed by atoms with Crippen molar-refractivity contribution in [3.05, 3.63) is 35.0 Å². The summed E-state index contributed by atoms with van der Waals surface area (Å²) in [6.45, 7) is 5.72. The second-order valence-electron chi connectivity index (χ2n) is 2.38. The van der Waals surface area contributed by atoms with E-state index in [-0.39, 0.29) is 0 Å². The van der Waals surface area contributed by atoms with Gasteiger partial charge in [-0.2, -0.15) is 0 Å². The summed E-state index contributed by atoms with van der Waals surface area (Å²) in [6.07, 6.45) is 3.70. The minimum absolute atomic E-state index is 0.912. The van der Waals surface area contributed by atoms with Gasteiger partial charge in [-0.3, -0.25) is 0 Å². The van der Waals surface area contributed by atoms with Gasteiger partial charge in [-0.15, -0.1) is 18.3 Å². The second-order valence-corrected chi connectivity index (χ2v) is 4.30. The van der Waals surface area contributed by atoms with Crippen LogP contribution in [-0.2, 0) is 0 Å². The van der Waals surface area contributed by atoms with E-state index in [0.29, 0.717) is 0 Å². The van der Waals surface area contributed by atoms with Crippen LogP contribution in [0, 0.1) is 6.92 Å². The molecule has 12 heavy (non-hydrogen) atoms. The average molecular weight is 244 g/mol. The molecule has 1 aromatic heterocycles. The van der Waals surface area contributed by atoms with E-state index in [1.165, 1.54) is 5.56 Å². The van der Waals surface area contributed by atoms with E-state index < -0.39 is 0 Å². The van der Waals surface area contributed by atoms with Crippen LogP contribution < -0.4 is 0 Å². The van der Waals surface area contributed by atoms with Crippen LogP contribution in [0.15, 0.2) is 34.4 Å². The molecule has 0 N–H and O–H groups in total. The molecular weight excluding hydrogens is 234 g/mol. The quantitative estimate of drug-likeness (QED) is 0.596. The van der Waals surface area contributed by atoms with Gasteiger partial charge in [0.1, 0.15) is 0 Å². The Morgan fingerprint density at radius 2 is 2.50 bits per heavy atom. The smallest absolute Gasteiger partial charge is 0.0992 e. The minimum Gasteiger partial charge on any atom is -0.248 e. The largest absolute Gasteiger partial charge is 0.248 e. The summed E-state index contributed by atoms with van der Waals surface area (Å²) in [4.78, 5) is 4.28. The molecule has 0 aliphatic rings. The van der Waals surface area contributed by atoms with Crippen LogP contribution in [0.25, 0.3) is 0 Å². The van der Waals surface area contributed by atoms with Gasteiger partial charge in [0.25, 0.3) is 0 Å². The number of pyridine rings is 1. The molecule has 0 bridgehead atoms. The zero-order valence-electron chi connectivity index (χ0n) is 6.88. The standard InChI is InChI=1S/C9H10BrNS/c1-3-4-12-9-7(2)5-8(10)6-11-9/h3,5-6H,1,4H2,2H3. The molecule has 0 aliphatic carbocycles. The Morgan fingerprint density at radius 1 is 1.75 bits per heavy atom. The van der Waals surface area contributed by atoms with Gasteiger partial charge in [-0.25, -0.2) is 4.98 Å². The monoisotopic (exact) mass is 243 g/mol. The fourth-order valence-electron chi connectivity index (χ4n) is 0.817. The van der Waals surface area contributed by atoms with Crippen molar-refractivity contribution in [3.63, 3.8) is 0 Å². The minimum atomic E-state index is 0.912. The molecule has 0 saturated heterocycles. The molecule has 3 heteroatoms. The molecule has 0 saturated carbocycles. The van der Waals surface area contributed by atoms with Gasteiger partial charge in [0.15, 0.2) is 0 Å². The fourth-order valence-corrected chi connectivity index (χ4v) is 1.95. The number of hydrogen-bond donors (Lipinski definition) is 0. The molecule has 0 atom stereocenters. The number of halogens is 1. The summed E-state index contributed by atoms with van der Waals surface area (Å²) in [6, 6.07) is 2.07. The lowest BCUT2D eigenvalue weighted by Gasteiger charge is -2.01. The molecule has 0 aromatic carbocycles. The highest BCUT2D eigenvalue weighted by atomic mass is 79.9. The van der Waals surface area contributed by atoms with Gasteiger partial charge in [0.05, 0.1) is 5.03 Å². The second kappa shape index (κ2) is 4.67. The van der Waals surface area contributed by atoms with Crippen molar-refractivity contribution in [3.8, 4) is 0 Å². The topological polar surface area (TPSA) is 12.9 Å². The Morgan fingerprint density at radius 3 is 3.08 bits per heavy atom. The SMILES string of the molecule is C=CCSc1ncc(Br)cc1C. The molecule has 0 amide bonds. The Balaban J connectivity index is 2.78. The first-order valence-electron chi connectivity index (χ1n) is 3.60. The molecule has 0 aliphatic heterocycles. The van der Waals surface area contributed by atoms with Gasteiger partial charge in [-0.05, 0) is 34.5 Å². The summed E-state index contributed by atoms with van der Waals surface area (Å²) >= 11 is 5.08. The third kappa shape index (κ3) is 2.64. The molecule has 1 aromatic rings. The van der Waals surface area contributed by atoms with Crippen molar-refractivity contribution in [2.75, 3.05) is 5.75 Å². The van der Waals surface area contributed by atoms with Gasteiger partial charge < -0.3 is 0 Å². The molecule has 1 heterocycles. The molecule has 0 fully saturated rings. The number of rotatable bonds is 3. The van der Waals surface area contributed by atoms with Crippen LogP contribution in [0.4, 0.5) is 0 Å². The predicted molar refractivity (Wildman–Crippen MR) is 57.6 cm³/mol. The molecule has 0 unspecified atom stereocenters. The van der Waals surface area contributed by atoms with E-state index in [1.54, 1.807) is 11.8 Å². The van der Waals surface area contributed by atoms with Crippen LogP contribution >= 0.6 is 27.7 Å². The van der Waals surface area contributed by atoms with Gasteiger partial charge in [0, 0.05) is 16.4 Å². The van der Waals surface area contributed by atoms with E-state index >= 15 is 0 Å². The van der Waals surface area contributed by atoms with Gasteiger partial charge in [0.2, 0.25) is 0 Å². The number of aromatic nitrogens is 1. The van der Waals surface area contributed by atoms with Crippen LogP contribution in [0.1, 0.15) is 5.56 Å². The van der Waals surface area contributed by atoms with E-state index in [4.69, 9.17) is 0 Å². The summed E-state index contributed by atoms with van der Waals surface area (Å²) in [5, 5.41) is 1.08. The van der Waals surface area contributed by atoms with Crippen molar-refractivity contribution in [2.45, 2.75) is 11.9 Å². The lowest BCUT2D eigenvalue weighted by Crippen LogP contribution is -1.85. The van der Waals surface area contributed by atoms with Crippen LogP contribution in [-0.4, -0.2) is 10.7 Å². The van der Waals surface area contributed by atoms with Gasteiger partial charge >= 0.3 is 0 Å². The maximum Gasteiger partial charge on any atom is 0.0992 e. The zero-order chi connectivity index (χ0) is 8.97. The number of nitrogens with zero attached hydrogens (tertiary/aromatic N) is 1. The van der Waals surface area contributed by atoms with Crippen LogP contribution in [0.5, 0.6) is 0 Å². The van der Waals surface area contributed by atoms with Crippen LogP contribution in [0.3, 0.4) is 0 Å². The summed E-state index contributed by atoms with van der Waals surface area (Å²) < 4.78 is 1.03. The maximum absolute atomic E-state index is 4.28. The van der Waals surface area contributed by atoms with E-state index in [1.807, 2.05) is 12.3 Å². The lowest BCUT2D eigenvalue weighted by molar-refractivity contribution is 1.07. The van der Waals surface area contributed by atoms with Crippen molar-refractivity contribution in [2.24, 2.45) is 0 Å². The Kier molecular flexibility index (Phi) is 3.82. The van der Waals surface area contributed by atoms with Gasteiger partial charge in [-0.1, -0.05) is 6.08 Å². The first-order valence-corrected chi connectivity index (χ1v) is 5.37. The molecular formula is C9H10BrNS. The average Bonchev–Trinajstić information content (AvgIpc) is 2.03. The fraction of sp³-hybridized carbons (Fsp3) is 0.222. The van der Waals surface area contributed by atoms with Crippen molar-refractivity contribution in [1.29, 1.82) is 0 Å².